The van der Waals surface area contributed by atoms with Crippen molar-refractivity contribution >= 4 is 8.56 Å². The van der Waals surface area contributed by atoms with E-state index in [4.69, 9.17) is 8.85 Å². The van der Waals surface area contributed by atoms with Crippen LogP contribution in [0, 0.1) is 10.8 Å². The third-order valence-electron chi connectivity index (χ3n) is 7.77. The summed E-state index contributed by atoms with van der Waals surface area (Å²) in [5.74, 6) is 0. The standard InChI is InChI=1S/C18H36O2Si/c1-7-17(8-2)13-11-15(17)21(19-5,20-6)16-12-14-18(16,9-3)10-4/h15-16H,7-14H2,1-6H3. The maximum Gasteiger partial charge on any atom is 0.345 e. The van der Waals surface area contributed by atoms with E-state index in [1.165, 1.54) is 51.4 Å². The Morgan fingerprint density at radius 3 is 1.24 bits per heavy atom. The average molecular weight is 313 g/mol. The quantitative estimate of drug-likeness (QED) is 0.538. The van der Waals surface area contributed by atoms with Crippen molar-refractivity contribution in [3.05, 3.63) is 0 Å². The van der Waals surface area contributed by atoms with Crippen molar-refractivity contribution in [2.75, 3.05) is 14.2 Å². The Bertz CT molecular complexity index is 302. The lowest BCUT2D eigenvalue weighted by atomic mass is 9.64. The molecule has 0 radical (unpaired) electrons. The first-order chi connectivity index (χ1) is 10.0. The first kappa shape index (κ1) is 17.5. The van der Waals surface area contributed by atoms with Crippen LogP contribution in [0.3, 0.4) is 0 Å². The van der Waals surface area contributed by atoms with Gasteiger partial charge in [-0.1, -0.05) is 53.4 Å². The third kappa shape index (κ3) is 2.26. The van der Waals surface area contributed by atoms with E-state index in [9.17, 15) is 0 Å². The van der Waals surface area contributed by atoms with Crippen LogP contribution in [0.25, 0.3) is 0 Å². The predicted molar refractivity (Wildman–Crippen MR) is 91.8 cm³/mol. The molecule has 0 heterocycles. The monoisotopic (exact) mass is 312 g/mol. The molecule has 2 saturated carbocycles. The minimum absolute atomic E-state index is 0.501. The van der Waals surface area contributed by atoms with Crippen LogP contribution in [0.2, 0.25) is 11.1 Å². The van der Waals surface area contributed by atoms with Gasteiger partial charge in [-0.25, -0.2) is 0 Å². The Morgan fingerprint density at radius 2 is 1.10 bits per heavy atom. The Balaban J connectivity index is 2.34. The lowest BCUT2D eigenvalue weighted by molar-refractivity contribution is 0.0265. The molecule has 2 fully saturated rings. The summed E-state index contributed by atoms with van der Waals surface area (Å²) in [5, 5.41) is 0. The lowest BCUT2D eigenvalue weighted by Crippen LogP contribution is -2.64. The molecular formula is C18H36O2Si. The summed E-state index contributed by atoms with van der Waals surface area (Å²) in [4.78, 5) is 0. The van der Waals surface area contributed by atoms with Gasteiger partial charge in [-0.2, -0.15) is 0 Å². The molecule has 0 N–H and O–H groups in total. The second-order valence-electron chi connectivity index (χ2n) is 7.45. The molecule has 2 atom stereocenters. The molecule has 0 aromatic carbocycles. The highest BCUT2D eigenvalue weighted by Gasteiger charge is 2.67. The van der Waals surface area contributed by atoms with Gasteiger partial charge < -0.3 is 8.85 Å². The molecule has 0 amide bonds. The van der Waals surface area contributed by atoms with Crippen molar-refractivity contribution in [3.8, 4) is 0 Å². The highest BCUT2D eigenvalue weighted by atomic mass is 28.4. The Hall–Kier alpha value is 0.137. The number of rotatable bonds is 8. The molecule has 2 aliphatic rings. The van der Waals surface area contributed by atoms with Crippen LogP contribution in [-0.2, 0) is 8.85 Å². The molecule has 0 saturated heterocycles. The highest BCUT2D eigenvalue weighted by Crippen LogP contribution is 2.69. The zero-order valence-corrected chi connectivity index (χ0v) is 16.1. The van der Waals surface area contributed by atoms with Crippen LogP contribution in [-0.4, -0.2) is 22.8 Å². The zero-order valence-electron chi connectivity index (χ0n) is 15.1. The van der Waals surface area contributed by atoms with Gasteiger partial charge >= 0.3 is 8.56 Å². The molecule has 124 valence electrons. The first-order valence-corrected chi connectivity index (χ1v) is 11.1. The molecule has 2 aliphatic carbocycles. The smallest absolute Gasteiger partial charge is 0.345 e. The molecule has 21 heavy (non-hydrogen) atoms. The van der Waals surface area contributed by atoms with Gasteiger partial charge in [-0.15, -0.1) is 0 Å². The summed E-state index contributed by atoms with van der Waals surface area (Å²) in [5.41, 5.74) is 2.41. The normalized spacial score (nSPS) is 30.6. The Kier molecular flexibility index (Phi) is 5.27. The minimum Gasteiger partial charge on any atom is -0.397 e. The van der Waals surface area contributed by atoms with E-state index >= 15 is 0 Å². The topological polar surface area (TPSA) is 18.5 Å². The fourth-order valence-electron chi connectivity index (χ4n) is 5.74. The first-order valence-electron chi connectivity index (χ1n) is 9.15. The molecule has 2 nitrogen and oxygen atoms in total. The summed E-state index contributed by atoms with van der Waals surface area (Å²) in [6.07, 6.45) is 10.6. The molecule has 0 aromatic heterocycles. The molecule has 3 heteroatoms. The summed E-state index contributed by atoms with van der Waals surface area (Å²) >= 11 is 0. The van der Waals surface area contributed by atoms with Crippen molar-refractivity contribution in [1.82, 2.24) is 0 Å². The molecule has 0 bridgehead atoms. The summed E-state index contributed by atoms with van der Waals surface area (Å²) in [6, 6.07) is 0. The minimum atomic E-state index is -2.13. The molecule has 0 aliphatic heterocycles. The van der Waals surface area contributed by atoms with Crippen molar-refractivity contribution in [3.63, 3.8) is 0 Å². The van der Waals surface area contributed by atoms with Crippen LogP contribution >= 0.6 is 0 Å². The van der Waals surface area contributed by atoms with Crippen LogP contribution in [0.4, 0.5) is 0 Å². The summed E-state index contributed by atoms with van der Waals surface area (Å²) in [7, 11) is 1.75. The van der Waals surface area contributed by atoms with Gasteiger partial charge in [0.05, 0.1) is 0 Å². The highest BCUT2D eigenvalue weighted by molar-refractivity contribution is 6.71. The molecular weight excluding hydrogens is 276 g/mol. The van der Waals surface area contributed by atoms with E-state index in [1.807, 2.05) is 14.2 Å². The van der Waals surface area contributed by atoms with Crippen molar-refractivity contribution in [2.45, 2.75) is 90.1 Å². The van der Waals surface area contributed by atoms with E-state index in [0.29, 0.717) is 21.9 Å². The van der Waals surface area contributed by atoms with Crippen molar-refractivity contribution in [1.29, 1.82) is 0 Å². The lowest BCUT2D eigenvalue weighted by Gasteiger charge is -2.63. The maximum absolute atomic E-state index is 6.33. The van der Waals surface area contributed by atoms with E-state index in [2.05, 4.69) is 27.7 Å². The van der Waals surface area contributed by atoms with Gasteiger partial charge in [0.2, 0.25) is 0 Å². The van der Waals surface area contributed by atoms with Gasteiger partial charge in [0, 0.05) is 25.3 Å². The Morgan fingerprint density at radius 1 is 0.762 bits per heavy atom. The predicted octanol–water partition coefficient (Wildman–Crippen LogP) is 5.66. The third-order valence-corrected chi connectivity index (χ3v) is 12.8. The maximum atomic E-state index is 6.33. The van der Waals surface area contributed by atoms with Gasteiger partial charge in [0.25, 0.3) is 0 Å². The number of hydrogen-bond acceptors (Lipinski definition) is 2. The molecule has 2 unspecified atom stereocenters. The van der Waals surface area contributed by atoms with Crippen LogP contribution in [0.15, 0.2) is 0 Å². The second kappa shape index (κ2) is 6.33. The molecule has 2 rings (SSSR count). The fraction of sp³-hybridized carbons (Fsp3) is 1.00. The van der Waals surface area contributed by atoms with E-state index < -0.39 is 8.56 Å². The van der Waals surface area contributed by atoms with Crippen LogP contribution in [0.5, 0.6) is 0 Å². The second-order valence-corrected chi connectivity index (χ2v) is 11.1. The van der Waals surface area contributed by atoms with E-state index in [0.717, 1.165) is 0 Å². The van der Waals surface area contributed by atoms with Crippen molar-refractivity contribution in [2.24, 2.45) is 10.8 Å². The van der Waals surface area contributed by atoms with E-state index in [1.54, 1.807) is 0 Å². The largest absolute Gasteiger partial charge is 0.397 e. The molecule has 0 spiro atoms. The Labute approximate surface area is 133 Å². The molecule has 0 aromatic rings. The average Bonchev–Trinajstić information content (AvgIpc) is 2.47. The van der Waals surface area contributed by atoms with Gasteiger partial charge in [0.1, 0.15) is 0 Å². The number of hydrogen-bond donors (Lipinski definition) is 0. The van der Waals surface area contributed by atoms with Crippen LogP contribution < -0.4 is 0 Å². The van der Waals surface area contributed by atoms with Crippen LogP contribution in [0.1, 0.15) is 79.1 Å². The van der Waals surface area contributed by atoms with Gasteiger partial charge in [-0.05, 0) is 36.5 Å². The summed E-state index contributed by atoms with van der Waals surface area (Å²) in [6.45, 7) is 9.48. The van der Waals surface area contributed by atoms with E-state index in [-0.39, 0.29) is 0 Å². The van der Waals surface area contributed by atoms with Gasteiger partial charge in [-0.3, -0.25) is 0 Å². The van der Waals surface area contributed by atoms with Gasteiger partial charge in [0.15, 0.2) is 0 Å². The fourth-order valence-corrected chi connectivity index (χ4v) is 11.4. The SMILES string of the molecule is CCC1(CC)CCC1[Si](OC)(OC)C1CCC1(CC)CC. The summed E-state index contributed by atoms with van der Waals surface area (Å²) < 4.78 is 12.7. The van der Waals surface area contributed by atoms with Crippen molar-refractivity contribution < 1.29 is 8.85 Å². The zero-order chi connectivity index (χ0) is 15.7.